The first-order valence-electron chi connectivity index (χ1n) is 8.69. The molecule has 2 aromatic heterocycles. The molecule has 128 valence electrons. The summed E-state index contributed by atoms with van der Waals surface area (Å²) < 4.78 is 0. The van der Waals surface area contributed by atoms with Gasteiger partial charge in [-0.1, -0.05) is 12.1 Å². The van der Waals surface area contributed by atoms with Crippen molar-refractivity contribution >= 4 is 16.8 Å². The smallest absolute Gasteiger partial charge is 0.270 e. The Bertz CT molecular complexity index is 879. The number of aryl methyl sites for hydroxylation is 1. The van der Waals surface area contributed by atoms with Crippen LogP contribution >= 0.6 is 0 Å². The second-order valence-corrected chi connectivity index (χ2v) is 6.70. The Morgan fingerprint density at radius 1 is 1.08 bits per heavy atom. The standard InChI is InChI=1S/C20H22N4O/c1-15-2-3-17-13-19(22-18(17)12-15)20(25)24-10-8-23(9-11-24)14-16-4-6-21-7-5-16/h2-7,12-13,22H,8-11,14H2,1H3. The first kappa shape index (κ1) is 15.8. The maximum Gasteiger partial charge on any atom is 0.270 e. The number of aromatic nitrogens is 2. The minimum atomic E-state index is 0.0948. The zero-order chi connectivity index (χ0) is 17.2. The number of hydrogen-bond donors (Lipinski definition) is 1. The van der Waals surface area contributed by atoms with Gasteiger partial charge >= 0.3 is 0 Å². The summed E-state index contributed by atoms with van der Waals surface area (Å²) in [7, 11) is 0. The molecular formula is C20H22N4O. The van der Waals surface area contributed by atoms with Gasteiger partial charge in [-0.25, -0.2) is 0 Å². The molecule has 1 saturated heterocycles. The molecule has 1 amide bonds. The van der Waals surface area contributed by atoms with E-state index in [0.717, 1.165) is 43.6 Å². The van der Waals surface area contributed by atoms with E-state index in [1.54, 1.807) is 0 Å². The van der Waals surface area contributed by atoms with Gasteiger partial charge in [-0.15, -0.1) is 0 Å². The summed E-state index contributed by atoms with van der Waals surface area (Å²) in [5.74, 6) is 0.0948. The number of carbonyl (C=O) groups is 1. The van der Waals surface area contributed by atoms with Crippen LogP contribution in [0.1, 0.15) is 21.6 Å². The van der Waals surface area contributed by atoms with Crippen LogP contribution in [0.25, 0.3) is 10.9 Å². The third kappa shape index (κ3) is 3.42. The number of fused-ring (bicyclic) bond motifs is 1. The lowest BCUT2D eigenvalue weighted by atomic mass is 10.2. The number of H-pyrrole nitrogens is 1. The molecule has 3 aromatic rings. The maximum atomic E-state index is 12.8. The van der Waals surface area contributed by atoms with Gasteiger partial charge in [0, 0.05) is 56.0 Å². The molecule has 0 radical (unpaired) electrons. The molecule has 0 saturated carbocycles. The van der Waals surface area contributed by atoms with E-state index < -0.39 is 0 Å². The number of nitrogens with one attached hydrogen (secondary N) is 1. The van der Waals surface area contributed by atoms with Crippen molar-refractivity contribution in [3.05, 3.63) is 65.6 Å². The molecule has 1 aliphatic heterocycles. The summed E-state index contributed by atoms with van der Waals surface area (Å²) in [6.45, 7) is 6.29. The molecule has 1 fully saturated rings. The molecule has 1 aliphatic rings. The summed E-state index contributed by atoms with van der Waals surface area (Å²) in [6, 6.07) is 12.3. The number of benzene rings is 1. The van der Waals surface area contributed by atoms with Gasteiger partial charge in [0.25, 0.3) is 5.91 Å². The van der Waals surface area contributed by atoms with Crippen molar-refractivity contribution in [1.82, 2.24) is 19.8 Å². The fourth-order valence-corrected chi connectivity index (χ4v) is 3.38. The number of nitrogens with zero attached hydrogens (tertiary/aromatic N) is 3. The van der Waals surface area contributed by atoms with Gasteiger partial charge in [0.1, 0.15) is 5.69 Å². The highest BCUT2D eigenvalue weighted by molar-refractivity contribution is 5.98. The van der Waals surface area contributed by atoms with E-state index in [1.807, 2.05) is 35.5 Å². The second kappa shape index (κ2) is 6.69. The van der Waals surface area contributed by atoms with E-state index in [4.69, 9.17) is 0 Å². The zero-order valence-corrected chi connectivity index (χ0v) is 14.4. The molecule has 1 aromatic carbocycles. The van der Waals surface area contributed by atoms with Crippen molar-refractivity contribution in [2.24, 2.45) is 0 Å². The summed E-state index contributed by atoms with van der Waals surface area (Å²) in [6.07, 6.45) is 3.65. The number of pyridine rings is 1. The van der Waals surface area contributed by atoms with Crippen molar-refractivity contribution in [2.75, 3.05) is 26.2 Å². The van der Waals surface area contributed by atoms with Crippen LogP contribution in [0.4, 0.5) is 0 Å². The number of carbonyl (C=O) groups excluding carboxylic acids is 1. The average Bonchev–Trinajstić information content (AvgIpc) is 3.06. The quantitative estimate of drug-likeness (QED) is 0.801. The highest BCUT2D eigenvalue weighted by atomic mass is 16.2. The lowest BCUT2D eigenvalue weighted by Gasteiger charge is -2.34. The van der Waals surface area contributed by atoms with Crippen LogP contribution in [-0.4, -0.2) is 51.9 Å². The number of hydrogen-bond acceptors (Lipinski definition) is 3. The first-order valence-corrected chi connectivity index (χ1v) is 8.69. The van der Waals surface area contributed by atoms with Crippen LogP contribution in [0.15, 0.2) is 48.8 Å². The van der Waals surface area contributed by atoms with Crippen molar-refractivity contribution < 1.29 is 4.79 Å². The van der Waals surface area contributed by atoms with Gasteiger partial charge in [-0.05, 0) is 42.3 Å². The molecule has 3 heterocycles. The molecular weight excluding hydrogens is 312 g/mol. The van der Waals surface area contributed by atoms with Gasteiger partial charge in [0.15, 0.2) is 0 Å². The lowest BCUT2D eigenvalue weighted by molar-refractivity contribution is 0.0623. The van der Waals surface area contributed by atoms with E-state index in [0.29, 0.717) is 5.69 Å². The van der Waals surface area contributed by atoms with Crippen LogP contribution in [0.5, 0.6) is 0 Å². The Hall–Kier alpha value is -2.66. The maximum absolute atomic E-state index is 12.8. The zero-order valence-electron chi connectivity index (χ0n) is 14.4. The summed E-state index contributed by atoms with van der Waals surface area (Å²) >= 11 is 0. The summed E-state index contributed by atoms with van der Waals surface area (Å²) in [5, 5.41) is 1.09. The molecule has 0 atom stereocenters. The molecule has 0 unspecified atom stereocenters. The number of rotatable bonds is 3. The lowest BCUT2D eigenvalue weighted by Crippen LogP contribution is -2.48. The van der Waals surface area contributed by atoms with Gasteiger partial charge < -0.3 is 9.88 Å². The largest absolute Gasteiger partial charge is 0.351 e. The Balaban J connectivity index is 1.40. The molecule has 5 heteroatoms. The fraction of sp³-hybridized carbons (Fsp3) is 0.300. The van der Waals surface area contributed by atoms with Gasteiger partial charge in [-0.3, -0.25) is 14.7 Å². The van der Waals surface area contributed by atoms with E-state index in [2.05, 4.69) is 40.0 Å². The van der Waals surface area contributed by atoms with Gasteiger partial charge in [0.05, 0.1) is 0 Å². The van der Waals surface area contributed by atoms with E-state index in [-0.39, 0.29) is 5.91 Å². The van der Waals surface area contributed by atoms with Crippen LogP contribution in [0, 0.1) is 6.92 Å². The Morgan fingerprint density at radius 3 is 2.60 bits per heavy atom. The Morgan fingerprint density at radius 2 is 1.84 bits per heavy atom. The molecule has 5 nitrogen and oxygen atoms in total. The monoisotopic (exact) mass is 334 g/mol. The van der Waals surface area contributed by atoms with Crippen molar-refractivity contribution in [3.8, 4) is 0 Å². The van der Waals surface area contributed by atoms with Crippen molar-refractivity contribution in [3.63, 3.8) is 0 Å². The molecule has 0 spiro atoms. The molecule has 0 aliphatic carbocycles. The van der Waals surface area contributed by atoms with Gasteiger partial charge in [-0.2, -0.15) is 0 Å². The number of aromatic amines is 1. The average molecular weight is 334 g/mol. The van der Waals surface area contributed by atoms with Gasteiger partial charge in [0.2, 0.25) is 0 Å². The van der Waals surface area contributed by atoms with Crippen LogP contribution in [0.2, 0.25) is 0 Å². The molecule has 4 rings (SSSR count). The predicted octanol–water partition coefficient (Wildman–Crippen LogP) is 2.83. The first-order chi connectivity index (χ1) is 12.2. The van der Waals surface area contributed by atoms with E-state index in [9.17, 15) is 4.79 Å². The highest BCUT2D eigenvalue weighted by Crippen LogP contribution is 2.19. The van der Waals surface area contributed by atoms with E-state index in [1.165, 1.54) is 11.1 Å². The highest BCUT2D eigenvalue weighted by Gasteiger charge is 2.23. The number of piperazine rings is 1. The van der Waals surface area contributed by atoms with Crippen molar-refractivity contribution in [1.29, 1.82) is 0 Å². The van der Waals surface area contributed by atoms with Crippen molar-refractivity contribution in [2.45, 2.75) is 13.5 Å². The topological polar surface area (TPSA) is 52.2 Å². The normalized spacial score (nSPS) is 15.6. The van der Waals surface area contributed by atoms with Crippen LogP contribution in [0.3, 0.4) is 0 Å². The van der Waals surface area contributed by atoms with E-state index >= 15 is 0 Å². The molecule has 0 bridgehead atoms. The summed E-state index contributed by atoms with van der Waals surface area (Å²) in [4.78, 5) is 24.4. The molecule has 1 N–H and O–H groups in total. The molecule has 25 heavy (non-hydrogen) atoms. The minimum absolute atomic E-state index is 0.0948. The predicted molar refractivity (Wildman–Crippen MR) is 98.5 cm³/mol. The SMILES string of the molecule is Cc1ccc2cc(C(=O)N3CCN(Cc4ccncc4)CC3)[nH]c2c1. The minimum Gasteiger partial charge on any atom is -0.351 e. The Labute approximate surface area is 147 Å². The Kier molecular flexibility index (Phi) is 4.24. The second-order valence-electron chi connectivity index (χ2n) is 6.70. The fourth-order valence-electron chi connectivity index (χ4n) is 3.38. The number of amides is 1. The third-order valence-corrected chi connectivity index (χ3v) is 4.82. The summed E-state index contributed by atoms with van der Waals surface area (Å²) in [5.41, 5.74) is 4.17. The van der Waals surface area contributed by atoms with Crippen LogP contribution in [-0.2, 0) is 6.54 Å². The third-order valence-electron chi connectivity index (χ3n) is 4.82. The van der Waals surface area contributed by atoms with Crippen LogP contribution < -0.4 is 0 Å².